The lowest BCUT2D eigenvalue weighted by molar-refractivity contribution is 0.0705. The van der Waals surface area contributed by atoms with Gasteiger partial charge in [-0.2, -0.15) is 0 Å². The Labute approximate surface area is 134 Å². The van der Waals surface area contributed by atoms with Crippen molar-refractivity contribution in [2.45, 2.75) is 51.1 Å². The van der Waals surface area contributed by atoms with Crippen molar-refractivity contribution in [3.05, 3.63) is 22.4 Å². The topological polar surface area (TPSA) is 32.5 Å². The summed E-state index contributed by atoms with van der Waals surface area (Å²) >= 11 is 1.85. The van der Waals surface area contributed by atoms with Crippen LogP contribution in [0.25, 0.3) is 0 Å². The Hall–Kier alpha value is -0.420. The fraction of sp³-hybridized carbons (Fsp3) is 0.765. The van der Waals surface area contributed by atoms with Gasteiger partial charge in [-0.3, -0.25) is 4.90 Å². The molecule has 1 aliphatic rings. The summed E-state index contributed by atoms with van der Waals surface area (Å²) in [7, 11) is 2.27. The third kappa shape index (κ3) is 3.86. The highest BCUT2D eigenvalue weighted by Gasteiger charge is 2.37. The number of nitrogens with zero attached hydrogens (tertiary/aromatic N) is 2. The second-order valence-corrected chi connectivity index (χ2v) is 7.41. The standard InChI is InChI=1S/C17H31N3S/c1-4-10-20-11-6-8-17(14-18,9-12-20)19(3)15(2)16-7-5-13-21-16/h5,7,13,15H,4,6,8-12,14,18H2,1-3H3. The summed E-state index contributed by atoms with van der Waals surface area (Å²) in [6, 6.07) is 4.84. The van der Waals surface area contributed by atoms with E-state index in [0.29, 0.717) is 6.04 Å². The minimum atomic E-state index is 0.159. The summed E-state index contributed by atoms with van der Waals surface area (Å²) in [6.07, 6.45) is 4.92. The Bertz CT molecular complexity index is 406. The molecule has 2 atom stereocenters. The first-order chi connectivity index (χ1) is 10.1. The van der Waals surface area contributed by atoms with Gasteiger partial charge in [0.1, 0.15) is 0 Å². The fourth-order valence-corrected chi connectivity index (χ4v) is 4.43. The van der Waals surface area contributed by atoms with Crippen molar-refractivity contribution < 1.29 is 0 Å². The Balaban J connectivity index is 2.09. The van der Waals surface area contributed by atoms with E-state index in [-0.39, 0.29) is 5.54 Å². The van der Waals surface area contributed by atoms with Gasteiger partial charge in [0.15, 0.2) is 0 Å². The molecule has 1 saturated heterocycles. The molecule has 0 bridgehead atoms. The highest BCUT2D eigenvalue weighted by atomic mass is 32.1. The van der Waals surface area contributed by atoms with E-state index in [1.54, 1.807) is 0 Å². The van der Waals surface area contributed by atoms with Crippen LogP contribution in [0.15, 0.2) is 17.5 Å². The van der Waals surface area contributed by atoms with E-state index in [0.717, 1.165) is 6.54 Å². The molecule has 0 spiro atoms. The van der Waals surface area contributed by atoms with E-state index in [4.69, 9.17) is 5.73 Å². The Kier molecular flexibility index (Phi) is 6.23. The number of likely N-dealkylation sites (N-methyl/N-ethyl adjacent to an activating group) is 1. The smallest absolute Gasteiger partial charge is 0.0416 e. The maximum absolute atomic E-state index is 6.26. The van der Waals surface area contributed by atoms with Crippen molar-refractivity contribution >= 4 is 11.3 Å². The van der Waals surface area contributed by atoms with E-state index in [9.17, 15) is 0 Å². The predicted octanol–water partition coefficient (Wildman–Crippen LogP) is 3.33. The maximum Gasteiger partial charge on any atom is 0.0416 e. The van der Waals surface area contributed by atoms with Crippen LogP contribution in [0.4, 0.5) is 0 Å². The minimum Gasteiger partial charge on any atom is -0.329 e. The van der Waals surface area contributed by atoms with Crippen molar-refractivity contribution in [3.63, 3.8) is 0 Å². The molecule has 120 valence electrons. The first-order valence-corrected chi connectivity index (χ1v) is 9.19. The molecule has 2 N–H and O–H groups in total. The minimum absolute atomic E-state index is 0.159. The van der Waals surface area contributed by atoms with E-state index in [2.05, 4.69) is 48.2 Å². The first kappa shape index (κ1) is 16.9. The van der Waals surface area contributed by atoms with Crippen molar-refractivity contribution in [3.8, 4) is 0 Å². The molecule has 0 aromatic carbocycles. The number of hydrogen-bond donors (Lipinski definition) is 1. The molecule has 2 heterocycles. The lowest BCUT2D eigenvalue weighted by atomic mass is 9.87. The van der Waals surface area contributed by atoms with Gasteiger partial charge < -0.3 is 10.6 Å². The Morgan fingerprint density at radius 1 is 1.43 bits per heavy atom. The second kappa shape index (κ2) is 7.73. The van der Waals surface area contributed by atoms with Crippen molar-refractivity contribution in [1.29, 1.82) is 0 Å². The molecule has 3 nitrogen and oxygen atoms in total. The summed E-state index contributed by atoms with van der Waals surface area (Å²) in [5.74, 6) is 0. The Morgan fingerprint density at radius 3 is 2.86 bits per heavy atom. The van der Waals surface area contributed by atoms with Crippen LogP contribution >= 0.6 is 11.3 Å². The van der Waals surface area contributed by atoms with Crippen LogP contribution in [0.3, 0.4) is 0 Å². The third-order valence-electron chi connectivity index (χ3n) is 5.21. The van der Waals surface area contributed by atoms with Gasteiger partial charge in [0.25, 0.3) is 0 Å². The number of rotatable bonds is 6. The Morgan fingerprint density at radius 2 is 2.24 bits per heavy atom. The van der Waals surface area contributed by atoms with E-state index < -0.39 is 0 Å². The zero-order valence-electron chi connectivity index (χ0n) is 13.8. The van der Waals surface area contributed by atoms with Crippen LogP contribution in [0.5, 0.6) is 0 Å². The highest BCUT2D eigenvalue weighted by molar-refractivity contribution is 7.10. The summed E-state index contributed by atoms with van der Waals surface area (Å²) in [5, 5.41) is 2.17. The van der Waals surface area contributed by atoms with Crippen molar-refractivity contribution in [2.24, 2.45) is 5.73 Å². The highest BCUT2D eigenvalue weighted by Crippen LogP contribution is 2.35. The predicted molar refractivity (Wildman–Crippen MR) is 92.9 cm³/mol. The van der Waals surface area contributed by atoms with Crippen LogP contribution in [-0.2, 0) is 0 Å². The zero-order chi connectivity index (χ0) is 15.3. The van der Waals surface area contributed by atoms with Crippen LogP contribution < -0.4 is 5.73 Å². The fourth-order valence-electron chi connectivity index (χ4n) is 3.61. The van der Waals surface area contributed by atoms with Crippen LogP contribution in [0.1, 0.15) is 50.4 Å². The number of thiophene rings is 1. The molecule has 1 aromatic rings. The van der Waals surface area contributed by atoms with Gasteiger partial charge in [-0.15, -0.1) is 11.3 Å². The van der Waals surface area contributed by atoms with Crippen molar-refractivity contribution in [1.82, 2.24) is 9.80 Å². The average Bonchev–Trinajstić information content (AvgIpc) is 2.95. The SMILES string of the molecule is CCCN1CCCC(CN)(N(C)C(C)c2cccs2)CC1. The van der Waals surface area contributed by atoms with Gasteiger partial charge >= 0.3 is 0 Å². The molecule has 0 saturated carbocycles. The molecule has 1 fully saturated rings. The van der Waals surface area contributed by atoms with Crippen LogP contribution in [0, 0.1) is 0 Å². The van der Waals surface area contributed by atoms with Gasteiger partial charge in [-0.1, -0.05) is 13.0 Å². The summed E-state index contributed by atoms with van der Waals surface area (Å²) in [6.45, 7) is 9.00. The molecule has 21 heavy (non-hydrogen) atoms. The van der Waals surface area contributed by atoms with Gasteiger partial charge in [0, 0.05) is 23.0 Å². The molecule has 2 unspecified atom stereocenters. The molecule has 0 amide bonds. The zero-order valence-corrected chi connectivity index (χ0v) is 14.7. The third-order valence-corrected chi connectivity index (χ3v) is 6.26. The van der Waals surface area contributed by atoms with Crippen LogP contribution in [-0.4, -0.2) is 48.6 Å². The summed E-state index contributed by atoms with van der Waals surface area (Å²) in [4.78, 5) is 6.61. The van der Waals surface area contributed by atoms with Gasteiger partial charge in [-0.05, 0) is 70.7 Å². The average molecular weight is 310 g/mol. The largest absolute Gasteiger partial charge is 0.329 e. The molecule has 0 radical (unpaired) electrons. The number of nitrogens with two attached hydrogens (primary N) is 1. The van der Waals surface area contributed by atoms with Crippen LogP contribution in [0.2, 0.25) is 0 Å². The quantitative estimate of drug-likeness (QED) is 0.875. The molecule has 1 aliphatic heterocycles. The monoisotopic (exact) mass is 309 g/mol. The van der Waals surface area contributed by atoms with Gasteiger partial charge in [0.2, 0.25) is 0 Å². The maximum atomic E-state index is 6.26. The van der Waals surface area contributed by atoms with Crippen molar-refractivity contribution in [2.75, 3.05) is 33.2 Å². The molecular formula is C17H31N3S. The van der Waals surface area contributed by atoms with E-state index in [1.807, 2.05) is 11.3 Å². The first-order valence-electron chi connectivity index (χ1n) is 8.31. The second-order valence-electron chi connectivity index (χ2n) is 6.43. The number of likely N-dealkylation sites (tertiary alicyclic amines) is 1. The molecule has 2 rings (SSSR count). The molecule has 0 aliphatic carbocycles. The van der Waals surface area contributed by atoms with E-state index in [1.165, 1.54) is 50.2 Å². The van der Waals surface area contributed by atoms with Gasteiger partial charge in [0.05, 0.1) is 0 Å². The number of hydrogen-bond acceptors (Lipinski definition) is 4. The molecule has 4 heteroatoms. The van der Waals surface area contributed by atoms with Gasteiger partial charge in [-0.25, -0.2) is 0 Å². The lowest BCUT2D eigenvalue weighted by Gasteiger charge is -2.44. The summed E-state index contributed by atoms with van der Waals surface area (Å²) in [5.41, 5.74) is 6.42. The lowest BCUT2D eigenvalue weighted by Crippen LogP contribution is -2.53. The molecule has 1 aromatic heterocycles. The van der Waals surface area contributed by atoms with E-state index >= 15 is 0 Å². The summed E-state index contributed by atoms with van der Waals surface area (Å²) < 4.78 is 0. The normalized spacial score (nSPS) is 26.0. The molecular weight excluding hydrogens is 278 g/mol.